The molecule has 5 aromatic rings. The molecule has 0 spiro atoms. The van der Waals surface area contributed by atoms with E-state index in [1.54, 1.807) is 12.1 Å². The Morgan fingerprint density at radius 3 is 1.82 bits per heavy atom. The quantitative estimate of drug-likeness (QED) is 0.268. The maximum atomic E-state index is 9.46. The highest BCUT2D eigenvalue weighted by Gasteiger charge is 2.51. The molecule has 4 aromatic carbocycles. The molecule has 2 heterocycles. The first-order chi connectivity index (χ1) is 18.7. The molecule has 6 rings (SSSR count). The lowest BCUT2D eigenvalue weighted by molar-refractivity contribution is 0.00578. The average Bonchev–Trinajstić information content (AvgIpc) is 3.19. The number of hydrogen-bond acceptors (Lipinski definition) is 6. The van der Waals surface area contributed by atoms with Crippen LogP contribution in [0.5, 0.6) is 0 Å². The Balaban J connectivity index is 1.48. The van der Waals surface area contributed by atoms with Crippen molar-refractivity contribution in [3.63, 3.8) is 0 Å². The van der Waals surface area contributed by atoms with Crippen LogP contribution in [0.4, 0.5) is 0 Å². The zero-order valence-electron chi connectivity index (χ0n) is 22.3. The van der Waals surface area contributed by atoms with E-state index in [-0.39, 0.29) is 0 Å². The number of fused-ring (bicyclic) bond motifs is 1. The Morgan fingerprint density at radius 2 is 1.18 bits per heavy atom. The summed E-state index contributed by atoms with van der Waals surface area (Å²) in [6.45, 7) is 8.17. The highest BCUT2D eigenvalue weighted by molar-refractivity contribution is 6.62. The molecule has 1 aliphatic rings. The van der Waals surface area contributed by atoms with Crippen LogP contribution >= 0.6 is 0 Å². The lowest BCUT2D eigenvalue weighted by Gasteiger charge is -2.32. The van der Waals surface area contributed by atoms with Crippen molar-refractivity contribution in [1.82, 2.24) is 15.0 Å². The van der Waals surface area contributed by atoms with E-state index in [2.05, 4.69) is 30.3 Å². The lowest BCUT2D eigenvalue weighted by atomic mass is 9.78. The maximum absolute atomic E-state index is 9.46. The Morgan fingerprint density at radius 1 is 0.615 bits per heavy atom. The smallest absolute Gasteiger partial charge is 0.399 e. The van der Waals surface area contributed by atoms with Gasteiger partial charge in [0.2, 0.25) is 0 Å². The van der Waals surface area contributed by atoms with Gasteiger partial charge in [0.05, 0.1) is 22.8 Å². The number of aromatic nitrogens is 3. The molecule has 1 aliphatic heterocycles. The second-order valence-corrected chi connectivity index (χ2v) is 10.8. The number of nitriles is 1. The van der Waals surface area contributed by atoms with Crippen LogP contribution in [0, 0.1) is 11.3 Å². The molecule has 0 saturated carbocycles. The van der Waals surface area contributed by atoms with Crippen molar-refractivity contribution in [2.24, 2.45) is 0 Å². The molecule has 1 aromatic heterocycles. The molecule has 0 atom stereocenters. The lowest BCUT2D eigenvalue weighted by Crippen LogP contribution is -2.41. The molecule has 190 valence electrons. The van der Waals surface area contributed by atoms with Crippen LogP contribution in [0.3, 0.4) is 0 Å². The fourth-order valence-corrected chi connectivity index (χ4v) is 4.62. The van der Waals surface area contributed by atoms with Crippen LogP contribution in [0.2, 0.25) is 0 Å². The van der Waals surface area contributed by atoms with Crippen LogP contribution in [0.1, 0.15) is 33.3 Å². The van der Waals surface area contributed by atoms with Crippen molar-refractivity contribution in [2.75, 3.05) is 0 Å². The van der Waals surface area contributed by atoms with Crippen LogP contribution in [-0.2, 0) is 9.31 Å². The van der Waals surface area contributed by atoms with E-state index in [4.69, 9.17) is 24.3 Å². The van der Waals surface area contributed by atoms with Crippen LogP contribution < -0.4 is 5.46 Å². The van der Waals surface area contributed by atoms with Gasteiger partial charge in [0, 0.05) is 16.7 Å². The molecule has 0 radical (unpaired) electrons. The average molecular weight is 510 g/mol. The van der Waals surface area contributed by atoms with Gasteiger partial charge in [-0.25, -0.2) is 15.0 Å². The fraction of sp³-hybridized carbons (Fsp3) is 0.188. The Bertz CT molecular complexity index is 1740. The molecule has 6 nitrogen and oxygen atoms in total. The summed E-state index contributed by atoms with van der Waals surface area (Å²) in [5.74, 6) is 1.59. The summed E-state index contributed by atoms with van der Waals surface area (Å²) in [5.41, 5.74) is 3.02. The maximum Gasteiger partial charge on any atom is 0.494 e. The normalized spacial score (nSPS) is 15.8. The zero-order chi connectivity index (χ0) is 27.2. The van der Waals surface area contributed by atoms with Gasteiger partial charge in [0.15, 0.2) is 17.5 Å². The van der Waals surface area contributed by atoms with Gasteiger partial charge in [-0.3, -0.25) is 0 Å². The first-order valence-electron chi connectivity index (χ1n) is 12.9. The highest BCUT2D eigenvalue weighted by Crippen LogP contribution is 2.36. The molecule has 0 bridgehead atoms. The number of nitrogens with zero attached hydrogens (tertiary/aromatic N) is 4. The van der Waals surface area contributed by atoms with Crippen LogP contribution in [0.25, 0.3) is 44.9 Å². The number of benzene rings is 4. The molecular weight excluding hydrogens is 483 g/mol. The van der Waals surface area contributed by atoms with E-state index >= 15 is 0 Å². The van der Waals surface area contributed by atoms with Gasteiger partial charge in [-0.1, -0.05) is 72.8 Å². The third-order valence-electron chi connectivity index (χ3n) is 7.56. The van der Waals surface area contributed by atoms with Crippen molar-refractivity contribution in [1.29, 1.82) is 5.26 Å². The van der Waals surface area contributed by atoms with Crippen molar-refractivity contribution in [2.45, 2.75) is 38.9 Å². The van der Waals surface area contributed by atoms with Crippen molar-refractivity contribution in [3.05, 3.63) is 96.6 Å². The summed E-state index contributed by atoms with van der Waals surface area (Å²) in [7, 11) is -0.497. The molecule has 0 aliphatic carbocycles. The molecule has 0 unspecified atom stereocenters. The summed E-state index contributed by atoms with van der Waals surface area (Å²) < 4.78 is 12.6. The van der Waals surface area contributed by atoms with Gasteiger partial charge in [-0.15, -0.1) is 0 Å². The third-order valence-corrected chi connectivity index (χ3v) is 7.56. The predicted octanol–water partition coefficient (Wildman–Crippen LogP) is 6.20. The first-order valence-corrected chi connectivity index (χ1v) is 12.9. The Labute approximate surface area is 228 Å². The summed E-state index contributed by atoms with van der Waals surface area (Å²) in [6.07, 6.45) is 0. The highest BCUT2D eigenvalue weighted by atomic mass is 16.7. The van der Waals surface area contributed by atoms with Gasteiger partial charge in [0.25, 0.3) is 0 Å². The van der Waals surface area contributed by atoms with E-state index in [1.807, 2.05) is 82.3 Å². The second kappa shape index (κ2) is 9.42. The molecular formula is C32H27BN4O2. The molecule has 1 fully saturated rings. The minimum atomic E-state index is -0.497. The number of rotatable bonds is 4. The summed E-state index contributed by atoms with van der Waals surface area (Å²) in [5, 5.41) is 11.7. The minimum absolute atomic E-state index is 0.441. The van der Waals surface area contributed by atoms with E-state index in [0.29, 0.717) is 23.0 Å². The van der Waals surface area contributed by atoms with Crippen molar-refractivity contribution < 1.29 is 9.31 Å². The Hall–Kier alpha value is -4.38. The largest absolute Gasteiger partial charge is 0.494 e. The first kappa shape index (κ1) is 24.9. The standard InChI is InChI=1S/C32H27BN4O2/c1-31(2)32(3,4)39-33(38-31)27-14-8-13-25(19-27)29-35-28(24-12-7-9-21(17-24)20-34)36-30(37-29)26-16-15-22-10-5-6-11-23(22)18-26/h5-19H,1-4H3. The zero-order valence-corrected chi connectivity index (χ0v) is 22.3. The SMILES string of the molecule is CC1(C)OB(c2cccc(-c3nc(-c4cccc(C#N)c4)nc(-c4ccc5ccccc5c4)n3)c2)OC1(C)C. The van der Waals surface area contributed by atoms with Gasteiger partial charge in [-0.05, 0) is 62.1 Å². The van der Waals surface area contributed by atoms with Crippen molar-refractivity contribution in [3.8, 4) is 40.2 Å². The Kier molecular flexibility index (Phi) is 6.03. The molecule has 39 heavy (non-hydrogen) atoms. The molecule has 1 saturated heterocycles. The van der Waals surface area contributed by atoms with Crippen LogP contribution in [0.15, 0.2) is 91.0 Å². The van der Waals surface area contributed by atoms with Gasteiger partial charge in [-0.2, -0.15) is 5.26 Å². The van der Waals surface area contributed by atoms with E-state index in [0.717, 1.165) is 32.9 Å². The summed E-state index contributed by atoms with van der Waals surface area (Å²) in [6, 6.07) is 31.8. The molecule has 0 amide bonds. The topological polar surface area (TPSA) is 80.9 Å². The van der Waals surface area contributed by atoms with Crippen LogP contribution in [-0.4, -0.2) is 33.3 Å². The summed E-state index contributed by atoms with van der Waals surface area (Å²) in [4.78, 5) is 14.6. The minimum Gasteiger partial charge on any atom is -0.399 e. The van der Waals surface area contributed by atoms with Gasteiger partial charge in [0.1, 0.15) is 0 Å². The predicted molar refractivity (Wildman–Crippen MR) is 154 cm³/mol. The molecule has 0 N–H and O–H groups in total. The van der Waals surface area contributed by atoms with Crippen molar-refractivity contribution >= 4 is 23.4 Å². The fourth-order valence-electron chi connectivity index (χ4n) is 4.62. The molecule has 7 heteroatoms. The van der Waals surface area contributed by atoms with Gasteiger partial charge >= 0.3 is 7.12 Å². The third kappa shape index (κ3) is 4.70. The number of hydrogen-bond donors (Lipinski definition) is 0. The monoisotopic (exact) mass is 510 g/mol. The van der Waals surface area contributed by atoms with E-state index < -0.39 is 18.3 Å². The second-order valence-electron chi connectivity index (χ2n) is 10.8. The summed E-state index contributed by atoms with van der Waals surface area (Å²) >= 11 is 0. The van der Waals surface area contributed by atoms with Gasteiger partial charge < -0.3 is 9.31 Å². The van der Waals surface area contributed by atoms with E-state index in [1.165, 1.54) is 0 Å². The van der Waals surface area contributed by atoms with E-state index in [9.17, 15) is 5.26 Å².